The van der Waals surface area contributed by atoms with E-state index in [0.717, 1.165) is 0 Å². The van der Waals surface area contributed by atoms with Crippen LogP contribution in [0, 0.1) is 5.92 Å². The summed E-state index contributed by atoms with van der Waals surface area (Å²) in [5, 5.41) is 0. The Kier molecular flexibility index (Phi) is 9.48. The maximum atomic E-state index is 11.6. The van der Waals surface area contributed by atoms with Crippen LogP contribution in [0.15, 0.2) is 0 Å². The summed E-state index contributed by atoms with van der Waals surface area (Å²) in [6.45, 7) is 6.08. The molecule has 0 amide bonds. The fourth-order valence-electron chi connectivity index (χ4n) is 1.40. The van der Waals surface area contributed by atoms with Gasteiger partial charge in [0.1, 0.15) is 0 Å². The molecule has 0 radical (unpaired) electrons. The van der Waals surface area contributed by atoms with Gasteiger partial charge in [0.15, 0.2) is 0 Å². The first-order valence-corrected chi connectivity index (χ1v) is 6.44. The number of carbonyl (C=O) groups is 3. The molecule has 0 aromatic carbocycles. The Morgan fingerprint density at radius 1 is 1.16 bits per heavy atom. The molecule has 0 aromatic heterocycles. The molecule has 110 valence electrons. The summed E-state index contributed by atoms with van der Waals surface area (Å²) in [5.41, 5.74) is 0. The van der Waals surface area contributed by atoms with Gasteiger partial charge in [-0.15, -0.1) is 0 Å². The van der Waals surface area contributed by atoms with Crippen LogP contribution < -0.4 is 0 Å². The van der Waals surface area contributed by atoms with Crippen LogP contribution in [0.2, 0.25) is 0 Å². The normalized spacial score (nSPS) is 11.8. The van der Waals surface area contributed by atoms with Crippen molar-refractivity contribution in [2.24, 2.45) is 5.92 Å². The van der Waals surface area contributed by atoms with Crippen molar-refractivity contribution in [1.29, 1.82) is 0 Å². The molecule has 0 N–H and O–H groups in total. The van der Waals surface area contributed by atoms with Gasteiger partial charge >= 0.3 is 11.9 Å². The Labute approximate surface area is 113 Å². The number of ether oxygens (including phenoxy) is 3. The summed E-state index contributed by atoms with van der Waals surface area (Å²) in [6, 6.07) is 0. The van der Waals surface area contributed by atoms with E-state index in [1.165, 1.54) is 0 Å². The molecule has 6 heteroatoms. The van der Waals surface area contributed by atoms with Crippen molar-refractivity contribution >= 4 is 18.4 Å². The molecular formula is C13H22O6. The molecule has 6 nitrogen and oxygen atoms in total. The smallest absolute Gasteiger partial charge is 0.347 e. The Balaban J connectivity index is 3.78. The first kappa shape index (κ1) is 17.4. The van der Waals surface area contributed by atoms with Crippen molar-refractivity contribution < 1.29 is 28.6 Å². The fraction of sp³-hybridized carbons (Fsp3) is 0.769. The number of esters is 2. The predicted molar refractivity (Wildman–Crippen MR) is 67.2 cm³/mol. The molecule has 0 bridgehead atoms. The third kappa shape index (κ3) is 8.18. The standard InChI is InChI=1S/C13H22O6/c1-4-17-11(15)7-5-6-8-18-13(16)12(10(2)3)19-9-14/h9-10,12H,4-8H2,1-3H3. The molecule has 0 aromatic rings. The molecule has 0 heterocycles. The third-order valence-corrected chi connectivity index (χ3v) is 2.36. The van der Waals surface area contributed by atoms with Gasteiger partial charge in [-0.3, -0.25) is 9.59 Å². The van der Waals surface area contributed by atoms with E-state index in [-0.39, 0.29) is 25.0 Å². The molecule has 0 rings (SSSR count). The number of hydrogen-bond acceptors (Lipinski definition) is 6. The van der Waals surface area contributed by atoms with Gasteiger partial charge in [-0.05, 0) is 19.8 Å². The van der Waals surface area contributed by atoms with Crippen LogP contribution in [0.25, 0.3) is 0 Å². The first-order chi connectivity index (χ1) is 9.02. The van der Waals surface area contributed by atoms with Crippen LogP contribution in [0.4, 0.5) is 0 Å². The lowest BCUT2D eigenvalue weighted by Gasteiger charge is -2.17. The molecule has 19 heavy (non-hydrogen) atoms. The lowest BCUT2D eigenvalue weighted by Crippen LogP contribution is -2.31. The van der Waals surface area contributed by atoms with E-state index in [4.69, 9.17) is 9.47 Å². The first-order valence-electron chi connectivity index (χ1n) is 6.44. The summed E-state index contributed by atoms with van der Waals surface area (Å²) >= 11 is 0. The van der Waals surface area contributed by atoms with E-state index in [0.29, 0.717) is 25.9 Å². The van der Waals surface area contributed by atoms with Crippen LogP contribution in [-0.4, -0.2) is 37.7 Å². The topological polar surface area (TPSA) is 78.9 Å². The number of unbranched alkanes of at least 4 members (excludes halogenated alkanes) is 1. The summed E-state index contributed by atoms with van der Waals surface area (Å²) in [6.07, 6.45) is 0.593. The van der Waals surface area contributed by atoms with Crippen molar-refractivity contribution in [2.75, 3.05) is 13.2 Å². The molecule has 1 atom stereocenters. The minimum atomic E-state index is -0.873. The molecule has 0 fully saturated rings. The maximum Gasteiger partial charge on any atom is 0.347 e. The van der Waals surface area contributed by atoms with Crippen LogP contribution in [0.1, 0.15) is 40.0 Å². The fourth-order valence-corrected chi connectivity index (χ4v) is 1.40. The second kappa shape index (κ2) is 10.3. The van der Waals surface area contributed by atoms with Crippen molar-refractivity contribution in [3.05, 3.63) is 0 Å². The van der Waals surface area contributed by atoms with Crippen molar-refractivity contribution in [3.8, 4) is 0 Å². The van der Waals surface area contributed by atoms with Crippen molar-refractivity contribution in [1.82, 2.24) is 0 Å². The highest BCUT2D eigenvalue weighted by molar-refractivity contribution is 5.76. The summed E-state index contributed by atoms with van der Waals surface area (Å²) in [5.74, 6) is -0.950. The van der Waals surface area contributed by atoms with E-state index < -0.39 is 12.1 Å². The molecule has 0 saturated heterocycles. The summed E-state index contributed by atoms with van der Waals surface area (Å²) in [7, 11) is 0. The minimum Gasteiger partial charge on any atom is -0.466 e. The van der Waals surface area contributed by atoms with E-state index >= 15 is 0 Å². The number of hydrogen-bond donors (Lipinski definition) is 0. The van der Waals surface area contributed by atoms with E-state index in [1.54, 1.807) is 20.8 Å². The van der Waals surface area contributed by atoms with Gasteiger partial charge < -0.3 is 14.2 Å². The van der Waals surface area contributed by atoms with Crippen LogP contribution >= 0.6 is 0 Å². The molecular weight excluding hydrogens is 252 g/mol. The lowest BCUT2D eigenvalue weighted by molar-refractivity contribution is -0.164. The summed E-state index contributed by atoms with van der Waals surface area (Å²) < 4.78 is 14.4. The second-order valence-corrected chi connectivity index (χ2v) is 4.33. The Morgan fingerprint density at radius 2 is 1.84 bits per heavy atom. The van der Waals surface area contributed by atoms with Crippen LogP contribution in [0.3, 0.4) is 0 Å². The highest BCUT2D eigenvalue weighted by Crippen LogP contribution is 2.08. The van der Waals surface area contributed by atoms with Gasteiger partial charge in [0.05, 0.1) is 13.2 Å². The molecule has 0 aliphatic rings. The van der Waals surface area contributed by atoms with E-state index in [1.807, 2.05) is 0 Å². The van der Waals surface area contributed by atoms with E-state index in [9.17, 15) is 14.4 Å². The van der Waals surface area contributed by atoms with Gasteiger partial charge in [-0.2, -0.15) is 0 Å². The molecule has 1 unspecified atom stereocenters. The van der Waals surface area contributed by atoms with Gasteiger partial charge in [0.2, 0.25) is 6.10 Å². The molecule has 0 saturated carbocycles. The van der Waals surface area contributed by atoms with Crippen LogP contribution in [0.5, 0.6) is 0 Å². The average Bonchev–Trinajstić information content (AvgIpc) is 2.35. The Morgan fingerprint density at radius 3 is 2.37 bits per heavy atom. The van der Waals surface area contributed by atoms with Gasteiger partial charge in [0, 0.05) is 12.3 Å². The van der Waals surface area contributed by atoms with Gasteiger partial charge in [-0.25, -0.2) is 4.79 Å². The predicted octanol–water partition coefficient (Wildman–Crippen LogP) is 1.46. The van der Waals surface area contributed by atoms with Crippen LogP contribution in [-0.2, 0) is 28.6 Å². The highest BCUT2D eigenvalue weighted by Gasteiger charge is 2.24. The second-order valence-electron chi connectivity index (χ2n) is 4.33. The zero-order valence-electron chi connectivity index (χ0n) is 11.7. The third-order valence-electron chi connectivity index (χ3n) is 2.36. The van der Waals surface area contributed by atoms with Gasteiger partial charge in [0.25, 0.3) is 6.47 Å². The van der Waals surface area contributed by atoms with E-state index in [2.05, 4.69) is 4.74 Å². The highest BCUT2D eigenvalue weighted by atomic mass is 16.6. The average molecular weight is 274 g/mol. The lowest BCUT2D eigenvalue weighted by atomic mass is 10.1. The summed E-state index contributed by atoms with van der Waals surface area (Å²) in [4.78, 5) is 32.9. The van der Waals surface area contributed by atoms with Gasteiger partial charge in [-0.1, -0.05) is 13.8 Å². The van der Waals surface area contributed by atoms with Crippen molar-refractivity contribution in [2.45, 2.75) is 46.1 Å². The molecule has 0 aliphatic carbocycles. The Bertz CT molecular complexity index is 287. The Hall–Kier alpha value is -1.59. The molecule has 0 spiro atoms. The number of carbonyl (C=O) groups excluding carboxylic acids is 3. The number of rotatable bonds is 10. The molecule has 0 aliphatic heterocycles. The largest absolute Gasteiger partial charge is 0.466 e. The zero-order chi connectivity index (χ0) is 14.7. The minimum absolute atomic E-state index is 0.141. The van der Waals surface area contributed by atoms with Crippen molar-refractivity contribution in [3.63, 3.8) is 0 Å². The monoisotopic (exact) mass is 274 g/mol. The quantitative estimate of drug-likeness (QED) is 0.260. The zero-order valence-corrected chi connectivity index (χ0v) is 11.7. The maximum absolute atomic E-state index is 11.6. The SMILES string of the molecule is CCOC(=O)CCCCOC(=O)C(OC=O)C(C)C.